The monoisotopic (exact) mass is 325 g/mol. The third-order valence-electron chi connectivity index (χ3n) is 3.59. The normalized spacial score (nSPS) is 10.8. The summed E-state index contributed by atoms with van der Waals surface area (Å²) < 4.78 is 1.75. The van der Waals surface area contributed by atoms with Crippen molar-refractivity contribution in [2.24, 2.45) is 7.05 Å². The summed E-state index contributed by atoms with van der Waals surface area (Å²) in [5, 5.41) is 11.3. The van der Waals surface area contributed by atoms with Crippen LogP contribution in [0.1, 0.15) is 12.6 Å². The van der Waals surface area contributed by atoms with Crippen LogP contribution in [0.3, 0.4) is 0 Å². The van der Waals surface area contributed by atoms with Crippen molar-refractivity contribution < 1.29 is 4.79 Å². The molecule has 1 amide bonds. The van der Waals surface area contributed by atoms with Gasteiger partial charge in [0.15, 0.2) is 11.5 Å². The van der Waals surface area contributed by atoms with E-state index in [1.165, 1.54) is 6.92 Å². The molecule has 3 rings (SSSR count). The van der Waals surface area contributed by atoms with E-state index in [1.807, 2.05) is 26.1 Å². The average molecular weight is 325 g/mol. The predicted octanol–water partition coefficient (Wildman–Crippen LogP) is 1.28. The van der Waals surface area contributed by atoms with Crippen LogP contribution in [-0.2, 0) is 11.8 Å². The van der Waals surface area contributed by atoms with Gasteiger partial charge in [-0.3, -0.25) is 14.5 Å². The second-order valence-corrected chi connectivity index (χ2v) is 5.45. The number of amides is 1. The first-order valence-corrected chi connectivity index (χ1v) is 7.66. The number of aromatic nitrogens is 5. The van der Waals surface area contributed by atoms with E-state index in [9.17, 15) is 4.79 Å². The molecule has 0 radical (unpaired) electrons. The van der Waals surface area contributed by atoms with Crippen LogP contribution in [0, 0.1) is 6.92 Å². The van der Waals surface area contributed by atoms with Crippen molar-refractivity contribution in [3.63, 3.8) is 0 Å². The van der Waals surface area contributed by atoms with Crippen LogP contribution in [0.5, 0.6) is 0 Å². The summed E-state index contributed by atoms with van der Waals surface area (Å²) in [5.74, 6) is 1.26. The fourth-order valence-corrected chi connectivity index (χ4v) is 2.52. The van der Waals surface area contributed by atoms with Crippen LogP contribution in [0.15, 0.2) is 24.5 Å². The Morgan fingerprint density at radius 1 is 1.21 bits per heavy atom. The lowest BCUT2D eigenvalue weighted by Crippen LogP contribution is -2.26. The summed E-state index contributed by atoms with van der Waals surface area (Å²) in [5.41, 5.74) is 2.50. The van der Waals surface area contributed by atoms with E-state index in [4.69, 9.17) is 0 Å². The second-order valence-electron chi connectivity index (χ2n) is 5.45. The topological polar surface area (TPSA) is 97.6 Å². The summed E-state index contributed by atoms with van der Waals surface area (Å²) in [6.45, 7) is 4.51. The number of carbonyl (C=O) groups excluding carboxylic acids is 1. The van der Waals surface area contributed by atoms with E-state index in [1.54, 1.807) is 17.1 Å². The van der Waals surface area contributed by atoms with Gasteiger partial charge in [0.25, 0.3) is 0 Å². The number of pyridine rings is 1. The predicted molar refractivity (Wildman–Crippen MR) is 91.4 cm³/mol. The molecule has 3 heterocycles. The minimum Gasteiger partial charge on any atom is -0.368 e. The number of aryl methyl sites for hydroxylation is 2. The van der Waals surface area contributed by atoms with Crippen LogP contribution in [0.4, 0.5) is 5.82 Å². The fraction of sp³-hybridized carbons (Fsp3) is 0.312. The smallest absolute Gasteiger partial charge is 0.216 e. The van der Waals surface area contributed by atoms with Crippen LogP contribution in [0.25, 0.3) is 22.4 Å². The molecule has 3 aromatic heterocycles. The van der Waals surface area contributed by atoms with Gasteiger partial charge < -0.3 is 10.6 Å². The molecule has 8 heteroatoms. The Balaban J connectivity index is 2.00. The largest absolute Gasteiger partial charge is 0.368 e. The van der Waals surface area contributed by atoms with E-state index in [0.717, 1.165) is 22.3 Å². The molecule has 2 N–H and O–H groups in total. The fourth-order valence-electron chi connectivity index (χ4n) is 2.52. The van der Waals surface area contributed by atoms with Gasteiger partial charge in [0.2, 0.25) is 5.91 Å². The Hall–Kier alpha value is -3.03. The molecule has 0 aliphatic carbocycles. The highest BCUT2D eigenvalue weighted by Gasteiger charge is 2.15. The molecule has 0 aliphatic rings. The van der Waals surface area contributed by atoms with Crippen LogP contribution < -0.4 is 10.6 Å². The van der Waals surface area contributed by atoms with E-state index in [2.05, 4.69) is 30.7 Å². The number of rotatable bonds is 5. The zero-order chi connectivity index (χ0) is 17.1. The van der Waals surface area contributed by atoms with Gasteiger partial charge in [-0.05, 0) is 19.1 Å². The molecule has 3 aromatic rings. The van der Waals surface area contributed by atoms with Gasteiger partial charge >= 0.3 is 0 Å². The summed E-state index contributed by atoms with van der Waals surface area (Å²) in [4.78, 5) is 24.3. The highest BCUT2D eigenvalue weighted by Crippen LogP contribution is 2.26. The quantitative estimate of drug-likeness (QED) is 0.686. The van der Waals surface area contributed by atoms with Crippen molar-refractivity contribution in [3.8, 4) is 11.4 Å². The Labute approximate surface area is 139 Å². The first-order valence-electron chi connectivity index (χ1n) is 7.66. The van der Waals surface area contributed by atoms with Crippen LogP contribution in [-0.4, -0.2) is 43.7 Å². The Bertz CT molecular complexity index is 873. The Kier molecular flexibility index (Phi) is 4.37. The standard InChI is InChI=1S/C16H19N7O/c1-10-13-15(19-9-8-18-11(2)24)20-14(12-4-6-17-7-5-12)21-16(13)23(3)22-10/h4-7H,8-9H2,1-3H3,(H,18,24)(H,19,20,21). The average Bonchev–Trinajstić information content (AvgIpc) is 2.86. The van der Waals surface area contributed by atoms with Gasteiger partial charge in [-0.2, -0.15) is 5.10 Å². The van der Waals surface area contributed by atoms with Crippen LogP contribution >= 0.6 is 0 Å². The minimum absolute atomic E-state index is 0.0559. The third kappa shape index (κ3) is 3.17. The van der Waals surface area contributed by atoms with E-state index >= 15 is 0 Å². The molecular weight excluding hydrogens is 306 g/mol. The maximum atomic E-state index is 11.0. The molecule has 0 fully saturated rings. The molecule has 0 aromatic carbocycles. The van der Waals surface area contributed by atoms with Crippen molar-refractivity contribution in [2.45, 2.75) is 13.8 Å². The number of nitrogens with one attached hydrogen (secondary N) is 2. The number of hydrogen-bond donors (Lipinski definition) is 2. The lowest BCUT2D eigenvalue weighted by atomic mass is 10.2. The summed E-state index contributed by atoms with van der Waals surface area (Å²) in [6, 6.07) is 3.73. The van der Waals surface area contributed by atoms with Crippen molar-refractivity contribution in [1.82, 2.24) is 30.0 Å². The van der Waals surface area contributed by atoms with Gasteiger partial charge in [0, 0.05) is 45.0 Å². The minimum atomic E-state index is -0.0559. The Morgan fingerprint density at radius 2 is 1.96 bits per heavy atom. The molecule has 24 heavy (non-hydrogen) atoms. The molecule has 0 atom stereocenters. The van der Waals surface area contributed by atoms with Crippen LogP contribution in [0.2, 0.25) is 0 Å². The van der Waals surface area contributed by atoms with E-state index in [-0.39, 0.29) is 5.91 Å². The van der Waals surface area contributed by atoms with Gasteiger partial charge in [-0.25, -0.2) is 9.97 Å². The third-order valence-corrected chi connectivity index (χ3v) is 3.59. The molecule has 124 valence electrons. The molecule has 0 aliphatic heterocycles. The maximum absolute atomic E-state index is 11.0. The number of anilines is 1. The molecule has 8 nitrogen and oxygen atoms in total. The number of nitrogens with zero attached hydrogens (tertiary/aromatic N) is 5. The molecule has 0 saturated carbocycles. The first-order chi connectivity index (χ1) is 11.6. The first kappa shape index (κ1) is 15.9. The summed E-state index contributed by atoms with van der Waals surface area (Å²) in [6.07, 6.45) is 3.42. The van der Waals surface area contributed by atoms with Gasteiger partial charge in [-0.15, -0.1) is 0 Å². The lowest BCUT2D eigenvalue weighted by Gasteiger charge is -2.10. The van der Waals surface area contributed by atoms with Crippen molar-refractivity contribution >= 4 is 22.8 Å². The Morgan fingerprint density at radius 3 is 2.67 bits per heavy atom. The number of carbonyl (C=O) groups is 1. The van der Waals surface area contributed by atoms with E-state index in [0.29, 0.717) is 24.7 Å². The van der Waals surface area contributed by atoms with Gasteiger partial charge in [0.05, 0.1) is 11.1 Å². The summed E-state index contributed by atoms with van der Waals surface area (Å²) >= 11 is 0. The molecule has 0 bridgehead atoms. The number of hydrogen-bond acceptors (Lipinski definition) is 6. The van der Waals surface area contributed by atoms with E-state index < -0.39 is 0 Å². The molecule has 0 unspecified atom stereocenters. The van der Waals surface area contributed by atoms with Crippen molar-refractivity contribution in [1.29, 1.82) is 0 Å². The SMILES string of the molecule is CC(=O)NCCNc1nc(-c2ccncc2)nc2c1c(C)nn2C. The zero-order valence-electron chi connectivity index (χ0n) is 13.9. The van der Waals surface area contributed by atoms with Gasteiger partial charge in [0.1, 0.15) is 5.82 Å². The van der Waals surface area contributed by atoms with Crippen molar-refractivity contribution in [3.05, 3.63) is 30.2 Å². The number of fused-ring (bicyclic) bond motifs is 1. The highest BCUT2D eigenvalue weighted by atomic mass is 16.1. The molecular formula is C16H19N7O. The molecule has 0 spiro atoms. The van der Waals surface area contributed by atoms with Crippen molar-refractivity contribution in [2.75, 3.05) is 18.4 Å². The highest BCUT2D eigenvalue weighted by molar-refractivity contribution is 5.90. The molecule has 0 saturated heterocycles. The summed E-state index contributed by atoms with van der Waals surface area (Å²) in [7, 11) is 1.86. The maximum Gasteiger partial charge on any atom is 0.216 e. The second kappa shape index (κ2) is 6.61. The zero-order valence-corrected chi connectivity index (χ0v) is 13.9. The van der Waals surface area contributed by atoms with Gasteiger partial charge in [-0.1, -0.05) is 0 Å². The lowest BCUT2D eigenvalue weighted by molar-refractivity contribution is -0.118.